The van der Waals surface area contributed by atoms with Gasteiger partial charge in [0.25, 0.3) is 0 Å². The van der Waals surface area contributed by atoms with Crippen molar-refractivity contribution in [2.24, 2.45) is 5.92 Å². The van der Waals surface area contributed by atoms with Gasteiger partial charge < -0.3 is 0 Å². The molecule has 0 saturated heterocycles. The molecule has 2 saturated carbocycles. The van der Waals surface area contributed by atoms with Crippen LogP contribution in [-0.2, 0) is 0 Å². The third kappa shape index (κ3) is 10.7. The molecule has 0 aliphatic heterocycles. The summed E-state index contributed by atoms with van der Waals surface area (Å²) in [5.41, 5.74) is 0. The van der Waals surface area contributed by atoms with Crippen LogP contribution in [0.3, 0.4) is 0 Å². The van der Waals surface area contributed by atoms with Crippen molar-refractivity contribution in [2.45, 2.75) is 90.4 Å². The van der Waals surface area contributed by atoms with Crippen LogP contribution in [0.25, 0.3) is 0 Å². The smallest absolute Gasteiger partial charge is 0.00868 e. The molecule has 0 spiro atoms. The summed E-state index contributed by atoms with van der Waals surface area (Å²) in [5.74, 6) is 2.16. The normalized spacial score (nSPS) is 21.9. The minimum atomic E-state index is 0.975. The summed E-state index contributed by atoms with van der Waals surface area (Å²) in [5, 5.41) is 0. The second-order valence-electron chi connectivity index (χ2n) is 6.11. The minimum absolute atomic E-state index is 0.975. The molecule has 0 unspecified atom stereocenters. The predicted octanol–water partition coefficient (Wildman–Crippen LogP) is 5.95. The number of hydrogen-bond acceptors (Lipinski definition) is 2. The Morgan fingerprint density at radius 2 is 1.16 bits per heavy atom. The first-order valence-corrected chi connectivity index (χ1v) is 9.76. The van der Waals surface area contributed by atoms with Gasteiger partial charge in [0.15, 0.2) is 0 Å². The highest BCUT2D eigenvalue weighted by Crippen LogP contribution is 2.23. The number of rotatable bonds is 4. The average molecular weight is 286 g/mol. The summed E-state index contributed by atoms with van der Waals surface area (Å²) in [6, 6.07) is 0. The Kier molecular flexibility index (Phi) is 12.2. The van der Waals surface area contributed by atoms with E-state index in [1.165, 1.54) is 95.8 Å². The molecule has 0 aromatic rings. The molecule has 1 nitrogen and oxygen atoms in total. The Hall–Kier alpha value is 0.310. The van der Waals surface area contributed by atoms with Gasteiger partial charge >= 0.3 is 0 Å². The standard InChI is InChI=1S/C9H19NS.C8H16/c1-2-11-10-8-9-6-4-3-5-7-9;1-2-4-6-8-7-5-3-1/h9-10H,2-8H2,1H3;1-8H2. The topological polar surface area (TPSA) is 12.0 Å². The van der Waals surface area contributed by atoms with E-state index in [1.54, 1.807) is 0 Å². The number of nitrogens with one attached hydrogen (secondary N) is 1. The van der Waals surface area contributed by atoms with Crippen molar-refractivity contribution < 1.29 is 0 Å². The zero-order valence-electron chi connectivity index (χ0n) is 13.1. The zero-order chi connectivity index (χ0) is 13.6. The van der Waals surface area contributed by atoms with Crippen molar-refractivity contribution in [2.75, 3.05) is 12.3 Å². The molecule has 114 valence electrons. The van der Waals surface area contributed by atoms with E-state index >= 15 is 0 Å². The summed E-state index contributed by atoms with van der Waals surface area (Å²) in [4.78, 5) is 0. The quantitative estimate of drug-likeness (QED) is 0.506. The molecule has 2 rings (SSSR count). The predicted molar refractivity (Wildman–Crippen MR) is 89.6 cm³/mol. The highest BCUT2D eigenvalue weighted by molar-refractivity contribution is 7.97. The largest absolute Gasteiger partial charge is 0.264 e. The molecule has 0 aromatic heterocycles. The Balaban J connectivity index is 0.000000200. The maximum atomic E-state index is 3.42. The fourth-order valence-electron chi connectivity index (χ4n) is 3.08. The SMILES string of the molecule is C1CCCCCCC1.CCSNCC1CCCCC1. The molecular weight excluding hydrogens is 250 g/mol. The lowest BCUT2D eigenvalue weighted by molar-refractivity contribution is 0.360. The molecule has 0 heterocycles. The highest BCUT2D eigenvalue weighted by Gasteiger charge is 2.11. The van der Waals surface area contributed by atoms with E-state index in [0.717, 1.165) is 5.92 Å². The van der Waals surface area contributed by atoms with Gasteiger partial charge in [-0.1, -0.05) is 89.5 Å². The minimum Gasteiger partial charge on any atom is -0.264 e. The van der Waals surface area contributed by atoms with Gasteiger partial charge in [-0.2, -0.15) is 0 Å². The van der Waals surface area contributed by atoms with Crippen LogP contribution in [0.2, 0.25) is 0 Å². The van der Waals surface area contributed by atoms with Crippen LogP contribution in [0.15, 0.2) is 0 Å². The molecule has 2 aliphatic rings. The van der Waals surface area contributed by atoms with Gasteiger partial charge in [-0.15, -0.1) is 0 Å². The first-order valence-electron chi connectivity index (χ1n) is 8.78. The van der Waals surface area contributed by atoms with E-state index in [-0.39, 0.29) is 0 Å². The van der Waals surface area contributed by atoms with Gasteiger partial charge in [0.1, 0.15) is 0 Å². The van der Waals surface area contributed by atoms with Gasteiger partial charge in [0.05, 0.1) is 0 Å². The molecule has 0 atom stereocenters. The Morgan fingerprint density at radius 3 is 1.58 bits per heavy atom. The van der Waals surface area contributed by atoms with Crippen molar-refractivity contribution in [1.29, 1.82) is 0 Å². The van der Waals surface area contributed by atoms with Crippen LogP contribution in [-0.4, -0.2) is 12.3 Å². The van der Waals surface area contributed by atoms with E-state index in [2.05, 4.69) is 11.6 Å². The highest BCUT2D eigenvalue weighted by atomic mass is 32.2. The van der Waals surface area contributed by atoms with E-state index in [1.807, 2.05) is 11.9 Å². The van der Waals surface area contributed by atoms with Crippen LogP contribution in [0.5, 0.6) is 0 Å². The van der Waals surface area contributed by atoms with E-state index in [0.29, 0.717) is 0 Å². The third-order valence-electron chi connectivity index (χ3n) is 4.34. The van der Waals surface area contributed by atoms with Crippen LogP contribution >= 0.6 is 11.9 Å². The lowest BCUT2D eigenvalue weighted by Crippen LogP contribution is -2.19. The fourth-order valence-corrected chi connectivity index (χ4v) is 3.64. The Morgan fingerprint density at radius 1 is 0.737 bits per heavy atom. The maximum Gasteiger partial charge on any atom is 0.00868 e. The van der Waals surface area contributed by atoms with Crippen LogP contribution in [0.1, 0.15) is 90.4 Å². The summed E-state index contributed by atoms with van der Waals surface area (Å²) in [7, 11) is 0. The first-order chi connectivity index (χ1) is 9.43. The van der Waals surface area contributed by atoms with E-state index in [9.17, 15) is 0 Å². The first kappa shape index (κ1) is 17.4. The molecule has 2 aliphatic carbocycles. The molecule has 1 N–H and O–H groups in total. The van der Waals surface area contributed by atoms with Crippen molar-refractivity contribution in [3.05, 3.63) is 0 Å². The van der Waals surface area contributed by atoms with Gasteiger partial charge in [-0.05, 0) is 18.8 Å². The molecule has 0 bridgehead atoms. The zero-order valence-corrected chi connectivity index (χ0v) is 13.9. The van der Waals surface area contributed by atoms with Crippen molar-refractivity contribution in [1.82, 2.24) is 4.72 Å². The van der Waals surface area contributed by atoms with Crippen molar-refractivity contribution >= 4 is 11.9 Å². The Bertz CT molecular complexity index is 154. The summed E-state index contributed by atoms with van der Waals surface area (Å²) in [6.45, 7) is 3.43. The molecule has 0 aromatic carbocycles. The summed E-state index contributed by atoms with van der Waals surface area (Å²) in [6.07, 6.45) is 19.3. The molecule has 0 amide bonds. The van der Waals surface area contributed by atoms with Crippen LogP contribution in [0, 0.1) is 5.92 Å². The van der Waals surface area contributed by atoms with Crippen LogP contribution < -0.4 is 4.72 Å². The van der Waals surface area contributed by atoms with E-state index in [4.69, 9.17) is 0 Å². The van der Waals surface area contributed by atoms with Crippen LogP contribution in [0.4, 0.5) is 0 Å². The Labute approximate surface area is 125 Å². The summed E-state index contributed by atoms with van der Waals surface area (Å²) >= 11 is 1.85. The lowest BCUT2D eigenvalue weighted by atomic mass is 9.90. The second-order valence-corrected chi connectivity index (χ2v) is 7.27. The molecule has 2 fully saturated rings. The lowest BCUT2D eigenvalue weighted by Gasteiger charge is -2.21. The van der Waals surface area contributed by atoms with Gasteiger partial charge in [0, 0.05) is 12.3 Å². The van der Waals surface area contributed by atoms with Crippen molar-refractivity contribution in [3.8, 4) is 0 Å². The maximum absolute atomic E-state index is 3.42. The molecule has 2 heteroatoms. The molecular formula is C17H35NS. The van der Waals surface area contributed by atoms with Gasteiger partial charge in [0.2, 0.25) is 0 Å². The van der Waals surface area contributed by atoms with Gasteiger partial charge in [-0.25, -0.2) is 0 Å². The monoisotopic (exact) mass is 285 g/mol. The van der Waals surface area contributed by atoms with E-state index < -0.39 is 0 Å². The average Bonchev–Trinajstić information content (AvgIpc) is 2.40. The fraction of sp³-hybridized carbons (Fsp3) is 1.00. The summed E-state index contributed by atoms with van der Waals surface area (Å²) < 4.78 is 3.42. The van der Waals surface area contributed by atoms with Gasteiger partial charge in [-0.3, -0.25) is 4.72 Å². The second kappa shape index (κ2) is 13.3. The number of hydrogen-bond donors (Lipinski definition) is 1. The molecule has 0 radical (unpaired) electrons. The van der Waals surface area contributed by atoms with Crippen molar-refractivity contribution in [3.63, 3.8) is 0 Å². The molecule has 19 heavy (non-hydrogen) atoms. The third-order valence-corrected chi connectivity index (χ3v) is 5.00.